The van der Waals surface area contributed by atoms with Gasteiger partial charge in [0.05, 0.1) is 0 Å². The van der Waals surface area contributed by atoms with Gasteiger partial charge in [-0.1, -0.05) is 0 Å². The summed E-state index contributed by atoms with van der Waals surface area (Å²) in [5.41, 5.74) is 0. The molecule has 0 fully saturated rings. The molecule has 1 rings (SSSR count). The monoisotopic (exact) mass is 117 g/mol. The summed E-state index contributed by atoms with van der Waals surface area (Å²) in [6.07, 6.45) is 8.31. The predicted octanol–water partition coefficient (Wildman–Crippen LogP) is 1.45. The van der Waals surface area contributed by atoms with Gasteiger partial charge >= 0.3 is 45.4 Å². The van der Waals surface area contributed by atoms with E-state index < -0.39 is 0 Å². The van der Waals surface area contributed by atoms with Gasteiger partial charge in [0.15, 0.2) is 0 Å². The normalized spacial score (nSPS) is 19.8. The van der Waals surface area contributed by atoms with Crippen LogP contribution >= 0.6 is 0 Å². The van der Waals surface area contributed by atoms with Crippen molar-refractivity contribution in [2.75, 3.05) is 0 Å². The Morgan fingerprint density at radius 1 is 1.17 bits per heavy atom. The van der Waals surface area contributed by atoms with E-state index in [0.29, 0.717) is 4.78 Å². The van der Waals surface area contributed by atoms with Crippen molar-refractivity contribution in [1.82, 2.24) is 0 Å². The molecule has 0 N–H and O–H groups in total. The summed E-state index contributed by atoms with van der Waals surface area (Å²) in [6.45, 7) is 0. The molecule has 1 heteroatoms. The molecule has 0 atom stereocenters. The zero-order chi connectivity index (χ0) is 4.41. The summed E-state index contributed by atoms with van der Waals surface area (Å²) in [7, 11) is 0. The number of rotatable bonds is 0. The van der Waals surface area contributed by atoms with Gasteiger partial charge in [-0.15, -0.1) is 0 Å². The van der Waals surface area contributed by atoms with Gasteiger partial charge in [0.25, 0.3) is 0 Å². The van der Waals surface area contributed by atoms with Gasteiger partial charge in [-0.2, -0.15) is 0 Å². The Kier molecular flexibility index (Phi) is 1.14. The van der Waals surface area contributed by atoms with Crippen molar-refractivity contribution in [3.63, 3.8) is 0 Å². The van der Waals surface area contributed by atoms with Crippen LogP contribution in [0.5, 0.6) is 0 Å². The summed E-state index contributed by atoms with van der Waals surface area (Å²) >= 11 is 2.97. The SMILES string of the molecule is [Cr+2][CH]1C=CC=C1. The maximum absolute atomic E-state index is 2.97. The van der Waals surface area contributed by atoms with Gasteiger partial charge < -0.3 is 0 Å². The fraction of sp³-hybridized carbons (Fsp3) is 0.200. The zero-order valence-electron chi connectivity index (χ0n) is 3.29. The molecule has 1 aliphatic rings. The summed E-state index contributed by atoms with van der Waals surface area (Å²) in [5, 5.41) is 0. The van der Waals surface area contributed by atoms with Crippen LogP contribution in [-0.2, 0) is 16.3 Å². The van der Waals surface area contributed by atoms with Crippen molar-refractivity contribution in [2.24, 2.45) is 0 Å². The van der Waals surface area contributed by atoms with E-state index in [0.717, 1.165) is 0 Å². The molecule has 29 valence electrons. The molecular formula is C5H5Cr+2. The second kappa shape index (κ2) is 1.64. The van der Waals surface area contributed by atoms with Crippen LogP contribution in [0.1, 0.15) is 0 Å². The van der Waals surface area contributed by atoms with E-state index in [1.165, 1.54) is 0 Å². The Balaban J connectivity index is 2.60. The van der Waals surface area contributed by atoms with Gasteiger partial charge in [-0.05, 0) is 0 Å². The average molecular weight is 117 g/mol. The van der Waals surface area contributed by atoms with Crippen molar-refractivity contribution in [3.05, 3.63) is 24.3 Å². The van der Waals surface area contributed by atoms with Gasteiger partial charge in [-0.3, -0.25) is 0 Å². The second-order valence-corrected chi connectivity index (χ2v) is 2.08. The van der Waals surface area contributed by atoms with E-state index in [4.69, 9.17) is 0 Å². The molecule has 0 saturated carbocycles. The van der Waals surface area contributed by atoms with Crippen molar-refractivity contribution in [1.29, 1.82) is 0 Å². The second-order valence-electron chi connectivity index (χ2n) is 1.23. The van der Waals surface area contributed by atoms with Crippen LogP contribution in [0.4, 0.5) is 0 Å². The molecule has 0 unspecified atom stereocenters. The molecule has 6 heavy (non-hydrogen) atoms. The van der Waals surface area contributed by atoms with Crippen LogP contribution in [0, 0.1) is 0 Å². The third-order valence-electron chi connectivity index (χ3n) is 0.713. The number of hydrogen-bond acceptors (Lipinski definition) is 0. The molecule has 1 aliphatic carbocycles. The third-order valence-corrected chi connectivity index (χ3v) is 1.20. The van der Waals surface area contributed by atoms with Crippen molar-refractivity contribution in [2.45, 2.75) is 4.78 Å². The van der Waals surface area contributed by atoms with Gasteiger partial charge in [0.2, 0.25) is 0 Å². The average Bonchev–Trinajstić information content (AvgIpc) is 1.86. The van der Waals surface area contributed by atoms with Gasteiger partial charge in [0, 0.05) is 0 Å². The van der Waals surface area contributed by atoms with Crippen molar-refractivity contribution >= 4 is 0 Å². The Morgan fingerprint density at radius 3 is 1.83 bits per heavy atom. The Morgan fingerprint density at radius 2 is 1.67 bits per heavy atom. The number of allylic oxidation sites excluding steroid dienone is 4. The molecule has 0 aromatic rings. The first-order valence-corrected chi connectivity index (χ1v) is 2.64. The Hall–Kier alpha value is 0.0125. The van der Waals surface area contributed by atoms with E-state index in [1.54, 1.807) is 0 Å². The summed E-state index contributed by atoms with van der Waals surface area (Å²) in [6, 6.07) is 0. The first kappa shape index (κ1) is 4.18. The predicted molar refractivity (Wildman–Crippen MR) is 22.0 cm³/mol. The molecular weight excluding hydrogens is 112 g/mol. The number of hydrogen-bond donors (Lipinski definition) is 0. The summed E-state index contributed by atoms with van der Waals surface area (Å²) in [5.74, 6) is 0. The molecule has 0 heterocycles. The van der Waals surface area contributed by atoms with Crippen LogP contribution in [0.2, 0.25) is 4.78 Å². The molecule has 0 aliphatic heterocycles. The van der Waals surface area contributed by atoms with Crippen LogP contribution in [0.25, 0.3) is 0 Å². The summed E-state index contributed by atoms with van der Waals surface area (Å²) < 4.78 is 0.560. The van der Waals surface area contributed by atoms with E-state index in [-0.39, 0.29) is 0 Å². The minimum absolute atomic E-state index is 0.560. The van der Waals surface area contributed by atoms with Crippen LogP contribution in [0.15, 0.2) is 24.3 Å². The molecule has 0 aromatic heterocycles. The molecule has 0 spiro atoms. The van der Waals surface area contributed by atoms with Crippen LogP contribution in [0.3, 0.4) is 0 Å². The molecule has 0 radical (unpaired) electrons. The third kappa shape index (κ3) is 0.740. The standard InChI is InChI=1S/C5H5.Cr/c1-2-4-5-3-1;/h1-5H;/q;+2. The van der Waals surface area contributed by atoms with Crippen molar-refractivity contribution in [3.8, 4) is 0 Å². The minimum atomic E-state index is 0.560. The Bertz CT molecular complexity index is 80.1. The molecule has 0 nitrogen and oxygen atoms in total. The molecule has 0 aromatic carbocycles. The molecule has 0 amide bonds. The fourth-order valence-corrected chi connectivity index (χ4v) is 0.695. The van der Waals surface area contributed by atoms with E-state index in [9.17, 15) is 0 Å². The van der Waals surface area contributed by atoms with Gasteiger partial charge in [-0.25, -0.2) is 0 Å². The zero-order valence-corrected chi connectivity index (χ0v) is 4.57. The first-order chi connectivity index (χ1) is 2.89. The quantitative estimate of drug-likeness (QED) is 0.450. The van der Waals surface area contributed by atoms with E-state index in [2.05, 4.69) is 28.4 Å². The molecule has 0 bridgehead atoms. The molecule has 0 saturated heterocycles. The maximum atomic E-state index is 2.97. The van der Waals surface area contributed by atoms with Crippen LogP contribution < -0.4 is 0 Å². The first-order valence-electron chi connectivity index (χ1n) is 1.90. The topological polar surface area (TPSA) is 0 Å². The van der Waals surface area contributed by atoms with E-state index in [1.807, 2.05) is 12.2 Å². The van der Waals surface area contributed by atoms with Crippen molar-refractivity contribution < 1.29 is 16.3 Å². The fourth-order valence-electron chi connectivity index (χ4n) is 0.411. The summed E-state index contributed by atoms with van der Waals surface area (Å²) in [4.78, 5) is 0. The Labute approximate surface area is 46.0 Å². The van der Waals surface area contributed by atoms with Gasteiger partial charge in [0.1, 0.15) is 0 Å². The van der Waals surface area contributed by atoms with Crippen LogP contribution in [-0.4, -0.2) is 0 Å². The van der Waals surface area contributed by atoms with E-state index >= 15 is 0 Å².